The Labute approximate surface area is 158 Å². The predicted octanol–water partition coefficient (Wildman–Crippen LogP) is 0.889. The predicted molar refractivity (Wildman–Crippen MR) is 96.7 cm³/mol. The highest BCUT2D eigenvalue weighted by molar-refractivity contribution is 6.06. The highest BCUT2D eigenvalue weighted by Crippen LogP contribution is 2.43. The molecule has 0 unspecified atom stereocenters. The molecule has 1 spiro atoms. The van der Waals surface area contributed by atoms with Crippen molar-refractivity contribution in [2.45, 2.75) is 69.3 Å². The normalized spacial score (nSPS) is 31.7. The second-order valence-electron chi connectivity index (χ2n) is 8.67. The molecular formula is C20H27N3O4. The van der Waals surface area contributed by atoms with Crippen LogP contribution in [-0.4, -0.2) is 75.0 Å². The van der Waals surface area contributed by atoms with E-state index in [-0.39, 0.29) is 18.4 Å². The molecule has 4 fully saturated rings. The third kappa shape index (κ3) is 2.59. The van der Waals surface area contributed by atoms with Crippen LogP contribution in [0.4, 0.5) is 0 Å². The fourth-order valence-corrected chi connectivity index (χ4v) is 5.52. The van der Waals surface area contributed by atoms with Gasteiger partial charge in [-0.1, -0.05) is 12.8 Å². The summed E-state index contributed by atoms with van der Waals surface area (Å²) in [6.07, 6.45) is 4.78. The first-order chi connectivity index (χ1) is 13.0. The summed E-state index contributed by atoms with van der Waals surface area (Å²) in [5.41, 5.74) is -0.666. The van der Waals surface area contributed by atoms with E-state index in [1.54, 1.807) is 0 Å². The number of hydrogen-bond acceptors (Lipinski definition) is 6. The van der Waals surface area contributed by atoms with Gasteiger partial charge in [0.2, 0.25) is 5.91 Å². The number of nitrogens with zero attached hydrogens (tertiary/aromatic N) is 3. The van der Waals surface area contributed by atoms with E-state index in [0.29, 0.717) is 37.9 Å². The highest BCUT2D eigenvalue weighted by atomic mass is 16.3. The fraction of sp³-hybridized carbons (Fsp3) is 0.700. The molecule has 3 aliphatic heterocycles. The number of amides is 2. The van der Waals surface area contributed by atoms with Crippen molar-refractivity contribution in [2.75, 3.05) is 19.6 Å². The number of piperazine rings is 1. The number of hydrogen-bond donors (Lipinski definition) is 1. The molecule has 1 aliphatic carbocycles. The maximum Gasteiger partial charge on any atom is 0.252 e. The van der Waals surface area contributed by atoms with Crippen molar-refractivity contribution >= 4 is 11.8 Å². The van der Waals surface area contributed by atoms with Crippen LogP contribution in [-0.2, 0) is 16.1 Å². The van der Waals surface area contributed by atoms with E-state index in [1.165, 1.54) is 30.6 Å². The average molecular weight is 373 g/mol. The number of rotatable bonds is 3. The number of carbonyl (C=O) groups is 2. The van der Waals surface area contributed by atoms with Gasteiger partial charge in [-0.05, 0) is 38.3 Å². The molecule has 146 valence electrons. The summed E-state index contributed by atoms with van der Waals surface area (Å²) in [5.74, 6) is 1.07. The maximum absolute atomic E-state index is 13.5. The van der Waals surface area contributed by atoms with Gasteiger partial charge >= 0.3 is 0 Å². The van der Waals surface area contributed by atoms with Gasteiger partial charge in [0.25, 0.3) is 5.91 Å². The van der Waals surface area contributed by atoms with Gasteiger partial charge in [0.1, 0.15) is 17.1 Å². The molecule has 2 atom stereocenters. The largest absolute Gasteiger partial charge is 0.464 e. The first-order valence-electron chi connectivity index (χ1n) is 10.1. The minimum atomic E-state index is -0.666. The zero-order valence-corrected chi connectivity index (χ0v) is 15.8. The van der Waals surface area contributed by atoms with Crippen LogP contribution >= 0.6 is 0 Å². The molecule has 1 aromatic rings. The molecule has 0 bridgehead atoms. The summed E-state index contributed by atoms with van der Waals surface area (Å²) < 4.78 is 5.62. The number of aliphatic hydroxyl groups is 1. The molecule has 4 aliphatic rings. The zero-order valence-electron chi connectivity index (χ0n) is 15.8. The Kier molecular flexibility index (Phi) is 3.97. The lowest BCUT2D eigenvalue weighted by Gasteiger charge is -2.60. The van der Waals surface area contributed by atoms with E-state index in [9.17, 15) is 14.7 Å². The molecule has 1 N–H and O–H groups in total. The van der Waals surface area contributed by atoms with E-state index < -0.39 is 17.7 Å². The number of imide groups is 1. The van der Waals surface area contributed by atoms with Gasteiger partial charge < -0.3 is 9.52 Å². The number of aliphatic hydroxyl groups excluding tert-OH is 1. The van der Waals surface area contributed by atoms with Crippen LogP contribution in [0, 0.1) is 6.92 Å². The number of furan rings is 1. The first kappa shape index (κ1) is 17.4. The molecule has 2 amide bonds. The molecule has 7 heteroatoms. The average Bonchev–Trinajstić information content (AvgIpc) is 3.32. The quantitative estimate of drug-likeness (QED) is 0.793. The molecule has 4 heterocycles. The van der Waals surface area contributed by atoms with Crippen molar-refractivity contribution < 1.29 is 19.1 Å². The first-order valence-corrected chi connectivity index (χ1v) is 10.1. The Morgan fingerprint density at radius 1 is 1.22 bits per heavy atom. The molecular weight excluding hydrogens is 346 g/mol. The van der Waals surface area contributed by atoms with Crippen LogP contribution in [0.25, 0.3) is 0 Å². The Morgan fingerprint density at radius 3 is 2.63 bits per heavy atom. The molecule has 0 aromatic carbocycles. The van der Waals surface area contributed by atoms with Crippen LogP contribution < -0.4 is 0 Å². The lowest BCUT2D eigenvalue weighted by molar-refractivity contribution is -0.183. The molecule has 3 saturated heterocycles. The van der Waals surface area contributed by atoms with Crippen LogP contribution in [0.15, 0.2) is 16.5 Å². The monoisotopic (exact) mass is 373 g/mol. The lowest BCUT2D eigenvalue weighted by atomic mass is 9.81. The number of aryl methyl sites for hydroxylation is 1. The molecule has 27 heavy (non-hydrogen) atoms. The Hall–Kier alpha value is -1.70. The lowest BCUT2D eigenvalue weighted by Crippen LogP contribution is -2.82. The topological polar surface area (TPSA) is 77.2 Å². The van der Waals surface area contributed by atoms with Crippen molar-refractivity contribution in [3.8, 4) is 0 Å². The van der Waals surface area contributed by atoms with Crippen LogP contribution in [0.1, 0.15) is 43.6 Å². The molecule has 0 radical (unpaired) electrons. The van der Waals surface area contributed by atoms with Crippen molar-refractivity contribution in [3.05, 3.63) is 23.7 Å². The number of likely N-dealkylation sites (tertiary alicyclic amines) is 1. The SMILES string of the molecule is Cc1ccc(CN2C(=O)[C@@H]3C[C@@H](O)CN3C3(CN(C4CCCC4)C3)C2=O)o1. The summed E-state index contributed by atoms with van der Waals surface area (Å²) in [6.45, 7) is 3.78. The van der Waals surface area contributed by atoms with Gasteiger partial charge in [-0.25, -0.2) is 0 Å². The fourth-order valence-electron chi connectivity index (χ4n) is 5.52. The van der Waals surface area contributed by atoms with E-state index >= 15 is 0 Å². The van der Waals surface area contributed by atoms with Gasteiger partial charge in [0.15, 0.2) is 0 Å². The van der Waals surface area contributed by atoms with E-state index in [0.717, 1.165) is 5.76 Å². The third-order valence-electron chi connectivity index (χ3n) is 6.90. The minimum Gasteiger partial charge on any atom is -0.464 e. The van der Waals surface area contributed by atoms with Gasteiger partial charge in [-0.15, -0.1) is 0 Å². The van der Waals surface area contributed by atoms with Crippen LogP contribution in [0.3, 0.4) is 0 Å². The summed E-state index contributed by atoms with van der Waals surface area (Å²) in [7, 11) is 0. The molecule has 1 saturated carbocycles. The van der Waals surface area contributed by atoms with Gasteiger partial charge in [-0.2, -0.15) is 0 Å². The smallest absolute Gasteiger partial charge is 0.252 e. The van der Waals surface area contributed by atoms with Crippen LogP contribution in [0.5, 0.6) is 0 Å². The maximum atomic E-state index is 13.5. The van der Waals surface area contributed by atoms with E-state index in [1.807, 2.05) is 24.0 Å². The van der Waals surface area contributed by atoms with E-state index in [4.69, 9.17) is 4.42 Å². The van der Waals surface area contributed by atoms with Crippen molar-refractivity contribution in [1.29, 1.82) is 0 Å². The zero-order chi connectivity index (χ0) is 18.8. The standard InChI is InChI=1S/C20H27N3O4/c1-13-6-7-16(27-13)10-22-18(25)17-8-15(24)9-23(17)20(19(22)26)11-21(12-20)14-4-2-3-5-14/h6-7,14-15,17,24H,2-5,8-12H2,1H3/t15-,17+/m1/s1. The van der Waals surface area contributed by atoms with Crippen molar-refractivity contribution in [2.24, 2.45) is 0 Å². The Morgan fingerprint density at radius 2 is 1.96 bits per heavy atom. The van der Waals surface area contributed by atoms with Crippen molar-refractivity contribution in [1.82, 2.24) is 14.7 Å². The number of β-amino-alcohol motifs (C(OH)–C–C–N with tert-alkyl or cyclic N) is 1. The molecule has 7 nitrogen and oxygen atoms in total. The van der Waals surface area contributed by atoms with Gasteiger partial charge in [0.05, 0.1) is 18.7 Å². The minimum absolute atomic E-state index is 0.124. The molecule has 1 aromatic heterocycles. The van der Waals surface area contributed by atoms with Crippen molar-refractivity contribution in [3.63, 3.8) is 0 Å². The van der Waals surface area contributed by atoms with E-state index in [2.05, 4.69) is 4.90 Å². The summed E-state index contributed by atoms with van der Waals surface area (Å²) in [4.78, 5) is 32.3. The Balaban J connectivity index is 1.42. The summed E-state index contributed by atoms with van der Waals surface area (Å²) >= 11 is 0. The summed E-state index contributed by atoms with van der Waals surface area (Å²) in [5, 5.41) is 10.2. The highest BCUT2D eigenvalue weighted by Gasteiger charge is 2.64. The second kappa shape index (κ2) is 6.15. The van der Waals surface area contributed by atoms with Gasteiger partial charge in [-0.3, -0.25) is 24.3 Å². The third-order valence-corrected chi connectivity index (χ3v) is 6.90. The van der Waals surface area contributed by atoms with Crippen LogP contribution in [0.2, 0.25) is 0 Å². The van der Waals surface area contributed by atoms with Gasteiger partial charge in [0, 0.05) is 25.7 Å². The number of carbonyl (C=O) groups excluding carboxylic acids is 2. The Bertz CT molecular complexity index is 763. The molecule has 5 rings (SSSR count). The second-order valence-corrected chi connectivity index (χ2v) is 8.67. The summed E-state index contributed by atoms with van der Waals surface area (Å²) in [6, 6.07) is 3.83. The number of fused-ring (bicyclic) bond motifs is 2.